The number of dihydropyridines is 1. The first-order chi connectivity index (χ1) is 4.83. The molecule has 0 bridgehead atoms. The number of hydrogen-bond acceptors (Lipinski definition) is 2. The summed E-state index contributed by atoms with van der Waals surface area (Å²) in [5.74, 6) is 0. The highest BCUT2D eigenvalue weighted by molar-refractivity contribution is 9.12. The van der Waals surface area contributed by atoms with Gasteiger partial charge in [0.2, 0.25) is 0 Å². The van der Waals surface area contributed by atoms with Gasteiger partial charge in [0.25, 0.3) is 0 Å². The first-order valence-corrected chi connectivity index (χ1v) is 4.12. The lowest BCUT2D eigenvalue weighted by Gasteiger charge is -2.12. The van der Waals surface area contributed by atoms with Crippen molar-refractivity contribution in [2.75, 3.05) is 6.61 Å². The molecular formula is C7H10BrNO. The fourth-order valence-electron chi connectivity index (χ4n) is 0.785. The second-order valence-corrected chi connectivity index (χ2v) is 2.93. The van der Waals surface area contributed by atoms with Crippen molar-refractivity contribution in [2.45, 2.75) is 19.6 Å². The Bertz CT molecular complexity index is 165. The largest absolute Gasteiger partial charge is 0.357 e. The smallest absolute Gasteiger partial charge is 0.151 e. The third-order valence-electron chi connectivity index (χ3n) is 1.24. The van der Waals surface area contributed by atoms with Gasteiger partial charge in [0.1, 0.15) is 0 Å². The van der Waals surface area contributed by atoms with Gasteiger partial charge in [-0.2, -0.15) is 0 Å². The van der Waals surface area contributed by atoms with E-state index >= 15 is 0 Å². The zero-order valence-electron chi connectivity index (χ0n) is 5.88. The molecule has 1 aliphatic heterocycles. The molecule has 0 amide bonds. The quantitative estimate of drug-likeness (QED) is 0.674. The molecule has 3 heteroatoms. The van der Waals surface area contributed by atoms with Gasteiger partial charge < -0.3 is 4.74 Å². The number of hydrogen-bond donors (Lipinski definition) is 0. The van der Waals surface area contributed by atoms with Crippen molar-refractivity contribution in [1.29, 1.82) is 0 Å². The van der Waals surface area contributed by atoms with Crippen molar-refractivity contribution in [3.63, 3.8) is 0 Å². The number of aliphatic imine (C=N–C) groups is 1. The van der Waals surface area contributed by atoms with Crippen molar-refractivity contribution < 1.29 is 4.74 Å². The SMILES string of the molecule is CCOC1CC=C(Br)C=N1. The van der Waals surface area contributed by atoms with Crippen LogP contribution in [0.15, 0.2) is 15.6 Å². The van der Waals surface area contributed by atoms with Crippen LogP contribution in [0.2, 0.25) is 0 Å². The normalized spacial score (nSPS) is 24.6. The van der Waals surface area contributed by atoms with Crippen molar-refractivity contribution >= 4 is 22.1 Å². The van der Waals surface area contributed by atoms with Gasteiger partial charge in [0.15, 0.2) is 6.23 Å². The second kappa shape index (κ2) is 3.88. The predicted molar refractivity (Wildman–Crippen MR) is 45.5 cm³/mol. The second-order valence-electron chi connectivity index (χ2n) is 2.01. The molecule has 10 heavy (non-hydrogen) atoms. The molecule has 1 heterocycles. The molecule has 1 rings (SSSR count). The van der Waals surface area contributed by atoms with Crippen molar-refractivity contribution in [1.82, 2.24) is 0 Å². The van der Waals surface area contributed by atoms with E-state index in [0.717, 1.165) is 17.5 Å². The molecule has 0 aromatic rings. The third-order valence-corrected chi connectivity index (χ3v) is 1.77. The van der Waals surface area contributed by atoms with Crippen LogP contribution < -0.4 is 0 Å². The van der Waals surface area contributed by atoms with Gasteiger partial charge in [0.05, 0.1) is 0 Å². The Balaban J connectivity index is 2.37. The predicted octanol–water partition coefficient (Wildman–Crippen LogP) is 2.10. The van der Waals surface area contributed by atoms with Crippen molar-refractivity contribution in [3.8, 4) is 0 Å². The molecule has 0 fully saturated rings. The summed E-state index contributed by atoms with van der Waals surface area (Å²) in [4.78, 5) is 4.14. The maximum absolute atomic E-state index is 5.27. The number of ether oxygens (including phenoxy) is 1. The van der Waals surface area contributed by atoms with E-state index in [1.54, 1.807) is 6.21 Å². The van der Waals surface area contributed by atoms with Gasteiger partial charge in [-0.05, 0) is 22.9 Å². The van der Waals surface area contributed by atoms with Gasteiger partial charge in [-0.1, -0.05) is 6.08 Å². The van der Waals surface area contributed by atoms with Crippen LogP contribution in [0.4, 0.5) is 0 Å². The summed E-state index contributed by atoms with van der Waals surface area (Å²) in [5, 5.41) is 0. The van der Waals surface area contributed by atoms with E-state index in [4.69, 9.17) is 4.74 Å². The summed E-state index contributed by atoms with van der Waals surface area (Å²) >= 11 is 3.32. The van der Waals surface area contributed by atoms with Crippen molar-refractivity contribution in [3.05, 3.63) is 10.6 Å². The maximum atomic E-state index is 5.27. The summed E-state index contributed by atoms with van der Waals surface area (Å²) in [6.07, 6.45) is 4.77. The molecule has 1 aliphatic rings. The molecule has 0 saturated carbocycles. The van der Waals surface area contributed by atoms with E-state index in [2.05, 4.69) is 27.0 Å². The van der Waals surface area contributed by atoms with E-state index in [0.29, 0.717) is 0 Å². The summed E-state index contributed by atoms with van der Waals surface area (Å²) in [6.45, 7) is 2.70. The average molecular weight is 204 g/mol. The number of nitrogens with zero attached hydrogens (tertiary/aromatic N) is 1. The van der Waals surface area contributed by atoms with Gasteiger partial charge in [-0.15, -0.1) is 0 Å². The topological polar surface area (TPSA) is 21.6 Å². The Labute approximate surface area is 69.1 Å². The Morgan fingerprint density at radius 2 is 2.70 bits per heavy atom. The Morgan fingerprint density at radius 3 is 3.20 bits per heavy atom. The molecule has 0 aromatic heterocycles. The van der Waals surface area contributed by atoms with E-state index < -0.39 is 0 Å². The minimum absolute atomic E-state index is 0.0475. The van der Waals surface area contributed by atoms with Gasteiger partial charge in [0, 0.05) is 23.7 Å². The Kier molecular flexibility index (Phi) is 3.09. The average Bonchev–Trinajstić information content (AvgIpc) is 1.95. The fourth-order valence-corrected chi connectivity index (χ4v) is 1.09. The minimum atomic E-state index is 0.0475. The van der Waals surface area contributed by atoms with E-state index in [1.165, 1.54) is 0 Å². The summed E-state index contributed by atoms with van der Waals surface area (Å²) in [6, 6.07) is 0. The van der Waals surface area contributed by atoms with Gasteiger partial charge in [-0.3, -0.25) is 4.99 Å². The Morgan fingerprint density at radius 1 is 1.90 bits per heavy atom. The first kappa shape index (κ1) is 7.95. The van der Waals surface area contributed by atoms with Crippen LogP contribution >= 0.6 is 15.9 Å². The molecule has 0 aromatic carbocycles. The summed E-state index contributed by atoms with van der Waals surface area (Å²) < 4.78 is 6.31. The van der Waals surface area contributed by atoms with Gasteiger partial charge >= 0.3 is 0 Å². The van der Waals surface area contributed by atoms with Crippen LogP contribution in [-0.2, 0) is 4.74 Å². The highest BCUT2D eigenvalue weighted by Crippen LogP contribution is 2.13. The lowest BCUT2D eigenvalue weighted by molar-refractivity contribution is 0.0715. The van der Waals surface area contributed by atoms with Crippen LogP contribution in [-0.4, -0.2) is 19.0 Å². The summed E-state index contributed by atoms with van der Waals surface area (Å²) in [7, 11) is 0. The van der Waals surface area contributed by atoms with E-state index in [-0.39, 0.29) is 6.23 Å². The third kappa shape index (κ3) is 2.23. The standard InChI is InChI=1S/C7H10BrNO/c1-2-10-7-4-3-6(8)5-9-7/h3,5,7H,2,4H2,1H3. The summed E-state index contributed by atoms with van der Waals surface area (Å²) in [5.41, 5.74) is 0. The molecular weight excluding hydrogens is 194 g/mol. The zero-order valence-corrected chi connectivity index (χ0v) is 7.47. The molecule has 2 nitrogen and oxygen atoms in total. The lowest BCUT2D eigenvalue weighted by Crippen LogP contribution is -2.11. The highest BCUT2D eigenvalue weighted by Gasteiger charge is 2.06. The van der Waals surface area contributed by atoms with Crippen LogP contribution in [0.5, 0.6) is 0 Å². The van der Waals surface area contributed by atoms with Crippen LogP contribution in [0.3, 0.4) is 0 Å². The number of rotatable bonds is 2. The highest BCUT2D eigenvalue weighted by atomic mass is 79.9. The first-order valence-electron chi connectivity index (χ1n) is 3.33. The molecule has 0 N–H and O–H groups in total. The van der Waals surface area contributed by atoms with Crippen molar-refractivity contribution in [2.24, 2.45) is 4.99 Å². The lowest BCUT2D eigenvalue weighted by atomic mass is 10.3. The van der Waals surface area contributed by atoms with E-state index in [1.807, 2.05) is 6.92 Å². The Hall–Kier alpha value is -0.150. The number of allylic oxidation sites excluding steroid dienone is 1. The van der Waals surface area contributed by atoms with Gasteiger partial charge in [-0.25, -0.2) is 0 Å². The van der Waals surface area contributed by atoms with E-state index in [9.17, 15) is 0 Å². The van der Waals surface area contributed by atoms with Crippen LogP contribution in [0.1, 0.15) is 13.3 Å². The molecule has 1 atom stereocenters. The molecule has 0 spiro atoms. The zero-order chi connectivity index (χ0) is 7.40. The minimum Gasteiger partial charge on any atom is -0.357 e. The molecule has 0 saturated heterocycles. The molecule has 1 unspecified atom stereocenters. The van der Waals surface area contributed by atoms with Crippen LogP contribution in [0, 0.1) is 0 Å². The van der Waals surface area contributed by atoms with Crippen LogP contribution in [0.25, 0.3) is 0 Å². The number of halogens is 1. The molecule has 0 radical (unpaired) electrons. The molecule has 0 aliphatic carbocycles. The maximum Gasteiger partial charge on any atom is 0.151 e. The fraction of sp³-hybridized carbons (Fsp3) is 0.571. The molecule has 56 valence electrons. The monoisotopic (exact) mass is 203 g/mol.